The first-order valence-corrected chi connectivity index (χ1v) is 16.1. The maximum absolute atomic E-state index is 15.9. The van der Waals surface area contributed by atoms with Crippen LogP contribution in [0.1, 0.15) is 36.8 Å². The van der Waals surface area contributed by atoms with Gasteiger partial charge in [0.2, 0.25) is 5.91 Å². The zero-order valence-corrected chi connectivity index (χ0v) is 26.9. The second kappa shape index (κ2) is 13.8. The van der Waals surface area contributed by atoms with E-state index in [1.54, 1.807) is 24.1 Å². The third-order valence-electron chi connectivity index (χ3n) is 8.00. The molecule has 1 amide bonds. The molecule has 250 valence electrons. The zero-order chi connectivity index (χ0) is 34.1. The molecule has 0 aliphatic carbocycles. The lowest BCUT2D eigenvalue weighted by atomic mass is 9.95. The molecule has 1 aliphatic rings. The first-order chi connectivity index (χ1) is 23.0. The topological polar surface area (TPSA) is 116 Å². The van der Waals surface area contributed by atoms with Crippen molar-refractivity contribution in [3.05, 3.63) is 83.1 Å². The Hall–Kier alpha value is -4.66. The minimum absolute atomic E-state index is 0.0673. The molecule has 14 heteroatoms. The summed E-state index contributed by atoms with van der Waals surface area (Å²) in [5.74, 6) is -2.28. The molecule has 3 N–H and O–H groups in total. The molecular formula is C34H32F4N6O3S. The molecule has 5 aromatic rings. The molecule has 0 saturated carbocycles. The Labute approximate surface area is 277 Å². The van der Waals surface area contributed by atoms with E-state index in [1.807, 2.05) is 17.5 Å². The molecule has 0 saturated heterocycles. The lowest BCUT2D eigenvalue weighted by Gasteiger charge is -2.28. The molecule has 1 aromatic carbocycles. The van der Waals surface area contributed by atoms with Gasteiger partial charge in [0.05, 0.1) is 35.6 Å². The standard InChI is InChI=1S/C34H32F4N6O3S/c1-4-29(46)40-18(3)25-12-26(43-42-25)33-31(30-23(36)10-21(35)11-27(30)47-16-17(2)45)34-22(6-8-48-34)32(41-33)19-9-20-14-44(15-28(37)38)7-5-24(20)39-13-19/h4,6,8-13,17-18,28,45H,1,5,7,14-16H2,2-3H3,(H,40,46)(H,42,43). The van der Waals surface area contributed by atoms with Crippen molar-refractivity contribution in [1.82, 2.24) is 30.4 Å². The van der Waals surface area contributed by atoms with Crippen molar-refractivity contribution < 1.29 is 32.2 Å². The van der Waals surface area contributed by atoms with Crippen molar-refractivity contribution in [1.29, 1.82) is 0 Å². The van der Waals surface area contributed by atoms with E-state index in [-0.39, 0.29) is 41.6 Å². The van der Waals surface area contributed by atoms with Crippen LogP contribution in [0, 0.1) is 11.6 Å². The van der Waals surface area contributed by atoms with Crippen molar-refractivity contribution >= 4 is 27.3 Å². The van der Waals surface area contributed by atoms with Crippen molar-refractivity contribution in [2.75, 3.05) is 19.7 Å². The summed E-state index contributed by atoms with van der Waals surface area (Å²) in [5.41, 5.74) is 4.03. The number of hydrogen-bond acceptors (Lipinski definition) is 8. The Morgan fingerprint density at radius 2 is 2.02 bits per heavy atom. The third kappa shape index (κ3) is 6.82. The maximum Gasteiger partial charge on any atom is 0.251 e. The number of rotatable bonds is 11. The monoisotopic (exact) mass is 680 g/mol. The van der Waals surface area contributed by atoms with E-state index >= 15 is 4.39 Å². The molecule has 0 fully saturated rings. The van der Waals surface area contributed by atoms with Crippen LogP contribution in [0.4, 0.5) is 17.6 Å². The summed E-state index contributed by atoms with van der Waals surface area (Å²) in [6.07, 6.45) is -0.0134. The highest BCUT2D eigenvalue weighted by Crippen LogP contribution is 2.47. The average molecular weight is 681 g/mol. The number of hydrogen-bond donors (Lipinski definition) is 3. The number of aliphatic hydroxyl groups excluding tert-OH is 1. The van der Waals surface area contributed by atoms with Gasteiger partial charge in [-0.2, -0.15) is 5.10 Å². The third-order valence-corrected chi connectivity index (χ3v) is 8.93. The van der Waals surface area contributed by atoms with Gasteiger partial charge in [0.15, 0.2) is 0 Å². The largest absolute Gasteiger partial charge is 0.490 e. The predicted molar refractivity (Wildman–Crippen MR) is 175 cm³/mol. The number of nitrogens with zero attached hydrogens (tertiary/aromatic N) is 4. The normalized spacial score (nSPS) is 14.6. The van der Waals surface area contributed by atoms with Crippen LogP contribution in [0.25, 0.3) is 43.9 Å². The molecule has 0 spiro atoms. The Bertz CT molecular complexity index is 2000. The van der Waals surface area contributed by atoms with Crippen LogP contribution in [0.3, 0.4) is 0 Å². The number of carbonyl (C=O) groups is 1. The summed E-state index contributed by atoms with van der Waals surface area (Å²) in [6, 6.07) is 6.70. The summed E-state index contributed by atoms with van der Waals surface area (Å²) >= 11 is 1.31. The van der Waals surface area contributed by atoms with E-state index in [1.165, 1.54) is 18.3 Å². The number of nitrogens with one attached hydrogen (secondary N) is 2. The van der Waals surface area contributed by atoms with E-state index in [2.05, 4.69) is 27.1 Å². The zero-order valence-electron chi connectivity index (χ0n) is 26.1. The summed E-state index contributed by atoms with van der Waals surface area (Å²) in [4.78, 5) is 23.4. The molecule has 5 heterocycles. The number of ether oxygens (including phenoxy) is 1. The van der Waals surface area contributed by atoms with Gasteiger partial charge < -0.3 is 15.2 Å². The SMILES string of the molecule is C=CC(=O)NC(C)c1cc(-c2nc(-c3cnc4c(c3)CN(CC(F)F)CC4)c3ccsc3c2-c2c(F)cc(F)cc2OCC(C)O)n[nH]1. The number of pyridine rings is 2. The lowest BCUT2D eigenvalue weighted by Crippen LogP contribution is -2.34. The van der Waals surface area contributed by atoms with Crippen LogP contribution in [0.2, 0.25) is 0 Å². The van der Waals surface area contributed by atoms with Crippen LogP contribution < -0.4 is 10.1 Å². The van der Waals surface area contributed by atoms with Crippen molar-refractivity contribution in [2.24, 2.45) is 0 Å². The molecule has 0 bridgehead atoms. The fourth-order valence-electron chi connectivity index (χ4n) is 5.77. The Balaban J connectivity index is 1.56. The van der Waals surface area contributed by atoms with E-state index in [4.69, 9.17) is 9.72 Å². The van der Waals surface area contributed by atoms with E-state index in [0.29, 0.717) is 52.2 Å². The molecule has 1 aliphatic heterocycles. The maximum atomic E-state index is 15.9. The average Bonchev–Trinajstić information content (AvgIpc) is 3.73. The van der Waals surface area contributed by atoms with Crippen LogP contribution in [0.5, 0.6) is 5.75 Å². The number of fused-ring (bicyclic) bond motifs is 2. The van der Waals surface area contributed by atoms with Gasteiger partial charge in [-0.05, 0) is 49.1 Å². The quantitative estimate of drug-likeness (QED) is 0.109. The number of halogens is 4. The Morgan fingerprint density at radius 3 is 2.77 bits per heavy atom. The predicted octanol–water partition coefficient (Wildman–Crippen LogP) is 6.44. The number of benzene rings is 1. The lowest BCUT2D eigenvalue weighted by molar-refractivity contribution is -0.117. The molecule has 48 heavy (non-hydrogen) atoms. The molecule has 0 radical (unpaired) electrons. The first-order valence-electron chi connectivity index (χ1n) is 15.2. The number of aromatic amines is 1. The second-order valence-corrected chi connectivity index (χ2v) is 12.5. The smallest absolute Gasteiger partial charge is 0.251 e. The molecular weight excluding hydrogens is 648 g/mol. The molecule has 4 aromatic heterocycles. The first kappa shape index (κ1) is 33.2. The van der Waals surface area contributed by atoms with Gasteiger partial charge in [0.25, 0.3) is 6.43 Å². The van der Waals surface area contributed by atoms with Crippen LogP contribution in [0.15, 0.2) is 54.6 Å². The van der Waals surface area contributed by atoms with E-state index in [0.717, 1.165) is 29.5 Å². The molecule has 6 rings (SSSR count). The van der Waals surface area contributed by atoms with Crippen molar-refractivity contribution in [3.63, 3.8) is 0 Å². The minimum Gasteiger partial charge on any atom is -0.490 e. The summed E-state index contributed by atoms with van der Waals surface area (Å²) < 4.78 is 63.2. The Morgan fingerprint density at radius 1 is 1.21 bits per heavy atom. The number of carbonyl (C=O) groups excluding carboxylic acids is 1. The Kier molecular flexibility index (Phi) is 9.58. The van der Waals surface area contributed by atoms with Crippen LogP contribution >= 0.6 is 11.3 Å². The molecule has 2 atom stereocenters. The van der Waals surface area contributed by atoms with Crippen molar-refractivity contribution in [2.45, 2.75) is 45.4 Å². The number of H-pyrrole nitrogens is 1. The number of thiophene rings is 1. The summed E-state index contributed by atoms with van der Waals surface area (Å²) in [6.45, 7) is 6.94. The van der Waals surface area contributed by atoms with Crippen LogP contribution in [-0.4, -0.2) is 68.3 Å². The van der Waals surface area contributed by atoms with Crippen molar-refractivity contribution in [3.8, 4) is 39.5 Å². The van der Waals surface area contributed by atoms with Crippen LogP contribution in [-0.2, 0) is 17.8 Å². The highest BCUT2D eigenvalue weighted by Gasteiger charge is 2.28. The summed E-state index contributed by atoms with van der Waals surface area (Å²) in [7, 11) is 0. The highest BCUT2D eigenvalue weighted by atomic mass is 32.1. The van der Waals surface area contributed by atoms with Gasteiger partial charge in [-0.15, -0.1) is 11.3 Å². The van der Waals surface area contributed by atoms with E-state index < -0.39 is 30.2 Å². The van der Waals surface area contributed by atoms with Gasteiger partial charge in [-0.1, -0.05) is 6.58 Å². The second-order valence-electron chi connectivity index (χ2n) is 11.6. The van der Waals surface area contributed by atoms with E-state index in [9.17, 15) is 23.1 Å². The van der Waals surface area contributed by atoms with Gasteiger partial charge in [0.1, 0.15) is 35.4 Å². The highest BCUT2D eigenvalue weighted by molar-refractivity contribution is 7.18. The molecule has 9 nitrogen and oxygen atoms in total. The van der Waals surface area contributed by atoms with Gasteiger partial charge in [0, 0.05) is 64.7 Å². The van der Waals surface area contributed by atoms with Gasteiger partial charge in [-0.3, -0.25) is 19.8 Å². The number of alkyl halides is 2. The molecule has 2 unspecified atom stereocenters. The number of aromatic nitrogens is 4. The minimum atomic E-state index is -2.46. The fraction of sp³-hybridized carbons (Fsp3) is 0.294. The number of amides is 1. The van der Waals surface area contributed by atoms with Gasteiger partial charge in [-0.25, -0.2) is 22.5 Å². The van der Waals surface area contributed by atoms with Gasteiger partial charge >= 0.3 is 0 Å². The fourth-order valence-corrected chi connectivity index (χ4v) is 6.72. The number of aliphatic hydroxyl groups is 1. The summed E-state index contributed by atoms with van der Waals surface area (Å²) in [5, 5.41) is 22.5.